The van der Waals surface area contributed by atoms with Crippen molar-refractivity contribution in [3.8, 4) is 11.1 Å². The van der Waals surface area contributed by atoms with Gasteiger partial charge in [-0.25, -0.2) is 0 Å². The largest absolute Gasteiger partial charge is 0.370 e. The van der Waals surface area contributed by atoms with Crippen LogP contribution in [0.3, 0.4) is 0 Å². The van der Waals surface area contributed by atoms with E-state index in [1.54, 1.807) is 0 Å². The number of nitrogens with two attached hydrogens (primary N) is 1. The first-order chi connectivity index (χ1) is 20.5. The van der Waals surface area contributed by atoms with Crippen LogP contribution in [-0.4, -0.2) is 41.9 Å². The van der Waals surface area contributed by atoms with Crippen molar-refractivity contribution in [1.82, 2.24) is 4.90 Å². The summed E-state index contributed by atoms with van der Waals surface area (Å²) in [6.45, 7) is 2.63. The maximum Gasteiger partial charge on any atom is 0.255 e. The zero-order valence-corrected chi connectivity index (χ0v) is 24.6. The van der Waals surface area contributed by atoms with Gasteiger partial charge in [-0.2, -0.15) is 0 Å². The third kappa shape index (κ3) is 6.87. The summed E-state index contributed by atoms with van der Waals surface area (Å²) in [5.41, 5.74) is 12.1. The maximum atomic E-state index is 13.4. The molecule has 3 aromatic rings. The molecule has 0 bridgehead atoms. The van der Waals surface area contributed by atoms with E-state index in [-0.39, 0.29) is 23.9 Å². The average Bonchev–Trinajstić information content (AvgIpc) is 3.89. The van der Waals surface area contributed by atoms with Gasteiger partial charge in [0, 0.05) is 43.2 Å². The van der Waals surface area contributed by atoms with Gasteiger partial charge in [-0.1, -0.05) is 55.3 Å². The van der Waals surface area contributed by atoms with Crippen LogP contribution in [0.1, 0.15) is 80.1 Å². The third-order valence-corrected chi connectivity index (χ3v) is 9.23. The summed E-state index contributed by atoms with van der Waals surface area (Å²) in [6, 6.07) is 25.0. The van der Waals surface area contributed by atoms with Crippen LogP contribution < -0.4 is 16.0 Å². The lowest BCUT2D eigenvalue weighted by atomic mass is 9.90. The van der Waals surface area contributed by atoms with E-state index in [4.69, 9.17) is 5.73 Å². The monoisotopic (exact) mass is 564 g/mol. The van der Waals surface area contributed by atoms with Crippen molar-refractivity contribution in [3.63, 3.8) is 0 Å². The van der Waals surface area contributed by atoms with Gasteiger partial charge in [-0.05, 0) is 98.4 Å². The highest BCUT2D eigenvalue weighted by atomic mass is 16.2. The summed E-state index contributed by atoms with van der Waals surface area (Å²) in [6.07, 6.45) is 10.8. The topological polar surface area (TPSA) is 78.7 Å². The molecule has 1 heterocycles. The van der Waals surface area contributed by atoms with Gasteiger partial charge in [0.2, 0.25) is 5.91 Å². The Morgan fingerprint density at radius 1 is 0.786 bits per heavy atom. The molecule has 2 saturated carbocycles. The highest BCUT2D eigenvalue weighted by Crippen LogP contribution is 2.36. The number of hydrogen-bond donors (Lipinski definition) is 2. The van der Waals surface area contributed by atoms with Crippen molar-refractivity contribution < 1.29 is 9.59 Å². The molecular formula is C36H44N4O2. The van der Waals surface area contributed by atoms with Crippen LogP contribution in [-0.2, 0) is 11.3 Å². The smallest absolute Gasteiger partial charge is 0.255 e. The van der Waals surface area contributed by atoms with E-state index >= 15 is 0 Å². The van der Waals surface area contributed by atoms with Gasteiger partial charge in [-0.15, -0.1) is 0 Å². The fraction of sp³-hybridized carbons (Fsp3) is 0.444. The second kappa shape index (κ2) is 13.1. The Balaban J connectivity index is 1.28. The number of nitrogens with one attached hydrogen (secondary N) is 1. The maximum absolute atomic E-state index is 13.4. The van der Waals surface area contributed by atoms with E-state index < -0.39 is 0 Å². The Hall–Kier alpha value is -3.64. The fourth-order valence-corrected chi connectivity index (χ4v) is 6.60. The number of carbonyl (C=O) groups excluding carboxylic acids is 2. The summed E-state index contributed by atoms with van der Waals surface area (Å²) in [7, 11) is 0. The lowest BCUT2D eigenvalue weighted by molar-refractivity contribution is -0.136. The predicted molar refractivity (Wildman–Crippen MR) is 170 cm³/mol. The number of carbonyl (C=O) groups is 2. The van der Waals surface area contributed by atoms with Gasteiger partial charge in [-0.3, -0.25) is 9.59 Å². The van der Waals surface area contributed by atoms with E-state index in [2.05, 4.69) is 57.6 Å². The lowest BCUT2D eigenvalue weighted by Gasteiger charge is -2.36. The molecule has 6 heteroatoms. The van der Waals surface area contributed by atoms with Gasteiger partial charge >= 0.3 is 0 Å². The van der Waals surface area contributed by atoms with Gasteiger partial charge in [0.1, 0.15) is 0 Å². The van der Waals surface area contributed by atoms with Gasteiger partial charge in [0.05, 0.1) is 11.4 Å². The third-order valence-electron chi connectivity index (χ3n) is 9.23. The highest BCUT2D eigenvalue weighted by Gasteiger charge is 2.37. The first-order valence-electron chi connectivity index (χ1n) is 16.0. The van der Waals surface area contributed by atoms with Crippen molar-refractivity contribution in [1.29, 1.82) is 0 Å². The van der Waals surface area contributed by atoms with E-state index in [1.807, 2.05) is 30.3 Å². The molecule has 0 radical (unpaired) electrons. The van der Waals surface area contributed by atoms with Crippen LogP contribution in [0.25, 0.3) is 11.1 Å². The average molecular weight is 565 g/mol. The van der Waals surface area contributed by atoms with Crippen molar-refractivity contribution in [2.75, 3.05) is 23.3 Å². The lowest BCUT2D eigenvalue weighted by Crippen LogP contribution is -2.44. The molecule has 6 nitrogen and oxygen atoms in total. The van der Waals surface area contributed by atoms with Crippen molar-refractivity contribution >= 4 is 23.2 Å². The van der Waals surface area contributed by atoms with Crippen LogP contribution in [0.2, 0.25) is 0 Å². The molecule has 0 spiro atoms. The molecule has 1 aliphatic heterocycles. The number of rotatable bonds is 8. The second-order valence-electron chi connectivity index (χ2n) is 12.5. The predicted octanol–water partition coefficient (Wildman–Crippen LogP) is 6.99. The van der Waals surface area contributed by atoms with E-state index in [9.17, 15) is 9.59 Å². The van der Waals surface area contributed by atoms with Crippen LogP contribution in [0.5, 0.6) is 0 Å². The van der Waals surface area contributed by atoms with E-state index in [0.29, 0.717) is 18.0 Å². The van der Waals surface area contributed by atoms with E-state index in [1.165, 1.54) is 25.7 Å². The molecule has 2 amide bonds. The van der Waals surface area contributed by atoms with Gasteiger partial charge in [0.15, 0.2) is 0 Å². The molecule has 220 valence electrons. The van der Waals surface area contributed by atoms with E-state index in [0.717, 1.165) is 79.7 Å². The van der Waals surface area contributed by atoms with Gasteiger partial charge < -0.3 is 20.9 Å². The van der Waals surface area contributed by atoms with Crippen molar-refractivity contribution in [3.05, 3.63) is 83.9 Å². The summed E-state index contributed by atoms with van der Waals surface area (Å²) >= 11 is 0. The first kappa shape index (κ1) is 28.5. The van der Waals surface area contributed by atoms with Crippen molar-refractivity contribution in [2.45, 2.75) is 82.8 Å². The Bertz CT molecular complexity index is 1370. The molecule has 3 fully saturated rings. The molecule has 1 saturated heterocycles. The molecule has 0 unspecified atom stereocenters. The molecule has 6 rings (SSSR count). The minimum absolute atomic E-state index is 0.0981. The Kier molecular flexibility index (Phi) is 8.90. The Morgan fingerprint density at radius 3 is 2.21 bits per heavy atom. The minimum atomic E-state index is -0.0981. The van der Waals surface area contributed by atoms with Crippen LogP contribution in [0.15, 0.2) is 72.8 Å². The quantitative estimate of drug-likeness (QED) is 0.309. The number of benzene rings is 3. The minimum Gasteiger partial charge on any atom is -0.370 e. The number of anilines is 2. The first-order valence-corrected chi connectivity index (χ1v) is 16.0. The van der Waals surface area contributed by atoms with Crippen LogP contribution >= 0.6 is 0 Å². The zero-order chi connectivity index (χ0) is 28.9. The molecule has 0 aromatic heterocycles. The molecular weight excluding hydrogens is 520 g/mol. The van der Waals surface area contributed by atoms with Crippen LogP contribution in [0, 0.1) is 5.92 Å². The Morgan fingerprint density at radius 2 is 1.50 bits per heavy atom. The fourth-order valence-electron chi connectivity index (χ4n) is 6.60. The van der Waals surface area contributed by atoms with Crippen LogP contribution in [0.4, 0.5) is 11.4 Å². The zero-order valence-electron chi connectivity index (χ0n) is 24.6. The normalized spacial score (nSPS) is 20.9. The number of nitrogens with zero attached hydrogens (tertiary/aromatic N) is 2. The molecule has 3 aromatic carbocycles. The Labute approximate surface area is 250 Å². The van der Waals surface area contributed by atoms with Crippen molar-refractivity contribution in [2.24, 2.45) is 11.7 Å². The molecule has 2 aliphatic carbocycles. The number of hydrogen-bond acceptors (Lipinski definition) is 4. The van der Waals surface area contributed by atoms with Gasteiger partial charge in [0.25, 0.3) is 5.91 Å². The molecule has 3 N–H and O–H groups in total. The summed E-state index contributed by atoms with van der Waals surface area (Å²) < 4.78 is 0. The second-order valence-corrected chi connectivity index (χ2v) is 12.5. The number of amides is 2. The highest BCUT2D eigenvalue weighted by molar-refractivity contribution is 6.06. The molecule has 0 atom stereocenters. The molecule has 42 heavy (non-hydrogen) atoms. The standard InChI is InChI=1S/C36H44N4O2/c37-31-16-18-32(19-17-31)40(36(42)28-13-14-28)25-26-9-8-12-29(23-26)30-15-20-34(39-21-6-1-2-7-22-39)33(24-30)38-35(41)27-10-4-3-5-11-27/h3-5,8-12,15,20,23-24,28,31-32H,1-2,6-7,13-14,16-19,21-22,25,37H2,(H,38,41). The summed E-state index contributed by atoms with van der Waals surface area (Å²) in [4.78, 5) is 31.2. The SMILES string of the molecule is NC1CCC(N(Cc2cccc(-c3ccc(N4CCCCCC4)c(NC(=O)c4ccccc4)c3)c2)C(=O)C2CC2)CC1. The summed E-state index contributed by atoms with van der Waals surface area (Å²) in [5.74, 6) is 0.415. The summed E-state index contributed by atoms with van der Waals surface area (Å²) in [5, 5.41) is 3.24. The molecule has 3 aliphatic rings.